The lowest BCUT2D eigenvalue weighted by Gasteiger charge is -2.10. The van der Waals surface area contributed by atoms with E-state index in [2.05, 4.69) is 16.1 Å². The van der Waals surface area contributed by atoms with Crippen molar-refractivity contribution in [1.82, 2.24) is 5.32 Å². The van der Waals surface area contributed by atoms with Gasteiger partial charge in [0.15, 0.2) is 0 Å². The molecule has 0 fully saturated rings. The van der Waals surface area contributed by atoms with Crippen molar-refractivity contribution in [2.75, 3.05) is 7.11 Å². The van der Waals surface area contributed by atoms with Gasteiger partial charge in [0.2, 0.25) is 5.91 Å². The van der Waals surface area contributed by atoms with E-state index in [4.69, 9.17) is 5.26 Å². The average Bonchev–Trinajstić information content (AvgIpc) is 2.39. The number of rotatable bonds is 3. The molecule has 0 spiro atoms. The van der Waals surface area contributed by atoms with Crippen molar-refractivity contribution in [3.8, 4) is 6.07 Å². The lowest BCUT2D eigenvalue weighted by Crippen LogP contribution is -2.25. The predicted octanol–water partition coefficient (Wildman–Crippen LogP) is 1.83. The van der Waals surface area contributed by atoms with Crippen LogP contribution in [-0.2, 0) is 14.3 Å². The Morgan fingerprint density at radius 2 is 1.85 bits per heavy atom. The van der Waals surface area contributed by atoms with Gasteiger partial charge in [-0.05, 0) is 48.7 Å². The monoisotopic (exact) mass is 272 g/mol. The summed E-state index contributed by atoms with van der Waals surface area (Å²) in [6, 6.07) is 5.52. The third kappa shape index (κ3) is 3.69. The Bertz CT molecular complexity index is 601. The minimum absolute atomic E-state index is 0.0657. The summed E-state index contributed by atoms with van der Waals surface area (Å²) in [5.41, 5.74) is 3.08. The molecule has 0 heterocycles. The zero-order chi connectivity index (χ0) is 15.3. The number of carbonyl (C=O) groups is 2. The second-order valence-corrected chi connectivity index (χ2v) is 4.37. The molecule has 0 unspecified atom stereocenters. The fourth-order valence-electron chi connectivity index (χ4n) is 1.86. The molecular weight excluding hydrogens is 256 g/mol. The second-order valence-electron chi connectivity index (χ2n) is 4.37. The van der Waals surface area contributed by atoms with Crippen molar-refractivity contribution >= 4 is 18.0 Å². The second kappa shape index (κ2) is 6.53. The molecule has 1 N–H and O–H groups in total. The summed E-state index contributed by atoms with van der Waals surface area (Å²) in [5.74, 6) is -0.978. The van der Waals surface area contributed by atoms with E-state index in [1.165, 1.54) is 14.0 Å². The molecule has 1 amide bonds. The molecule has 104 valence electrons. The standard InChI is InChI=1S/C15H16N2O3/c1-9-5-12(8-16)6-10(2)13(9)7-14(15(19)20-4)17-11(3)18/h5-7H,1-4H3,(H,17,18). The number of esters is 1. The Hall–Kier alpha value is -2.61. The first-order valence-corrected chi connectivity index (χ1v) is 5.98. The van der Waals surface area contributed by atoms with Gasteiger partial charge in [-0.1, -0.05) is 0 Å². The topological polar surface area (TPSA) is 79.2 Å². The molecule has 0 atom stereocenters. The first kappa shape index (κ1) is 15.4. The number of nitrogens with zero attached hydrogens (tertiary/aromatic N) is 1. The highest BCUT2D eigenvalue weighted by Crippen LogP contribution is 2.19. The number of methoxy groups -OCH3 is 1. The number of hydrogen-bond acceptors (Lipinski definition) is 4. The molecule has 0 saturated heterocycles. The van der Waals surface area contributed by atoms with Crippen molar-refractivity contribution in [2.45, 2.75) is 20.8 Å². The van der Waals surface area contributed by atoms with Gasteiger partial charge < -0.3 is 10.1 Å². The summed E-state index contributed by atoms with van der Waals surface area (Å²) in [6.45, 7) is 4.99. The van der Waals surface area contributed by atoms with E-state index in [9.17, 15) is 9.59 Å². The molecule has 0 aliphatic rings. The number of amides is 1. The highest BCUT2D eigenvalue weighted by atomic mass is 16.5. The minimum Gasteiger partial charge on any atom is -0.464 e. The summed E-state index contributed by atoms with van der Waals surface area (Å²) >= 11 is 0. The number of nitrogens with one attached hydrogen (secondary N) is 1. The van der Waals surface area contributed by atoms with Gasteiger partial charge >= 0.3 is 5.97 Å². The molecule has 1 aromatic carbocycles. The molecule has 20 heavy (non-hydrogen) atoms. The van der Waals surface area contributed by atoms with Crippen LogP contribution in [0, 0.1) is 25.2 Å². The predicted molar refractivity (Wildman–Crippen MR) is 74.4 cm³/mol. The van der Waals surface area contributed by atoms with Gasteiger partial charge in [-0.25, -0.2) is 4.79 Å². The largest absolute Gasteiger partial charge is 0.464 e. The molecule has 1 aromatic rings. The van der Waals surface area contributed by atoms with E-state index in [1.54, 1.807) is 18.2 Å². The Kier molecular flexibility index (Phi) is 5.04. The van der Waals surface area contributed by atoms with E-state index < -0.39 is 5.97 Å². The average molecular weight is 272 g/mol. The van der Waals surface area contributed by atoms with Crippen LogP contribution in [0.25, 0.3) is 6.08 Å². The fraction of sp³-hybridized carbons (Fsp3) is 0.267. The van der Waals surface area contributed by atoms with Crippen molar-refractivity contribution in [2.24, 2.45) is 0 Å². The quantitative estimate of drug-likeness (QED) is 0.672. The summed E-state index contributed by atoms with van der Waals surface area (Å²) in [7, 11) is 1.25. The summed E-state index contributed by atoms with van der Waals surface area (Å²) in [5, 5.41) is 11.4. The maximum atomic E-state index is 11.6. The SMILES string of the molecule is COC(=O)C(=Cc1c(C)cc(C#N)cc1C)NC(C)=O. The first-order valence-electron chi connectivity index (χ1n) is 5.98. The van der Waals surface area contributed by atoms with Crippen LogP contribution in [0.2, 0.25) is 0 Å². The van der Waals surface area contributed by atoms with Gasteiger partial charge in [0.1, 0.15) is 5.70 Å². The van der Waals surface area contributed by atoms with Gasteiger partial charge in [-0.3, -0.25) is 4.79 Å². The van der Waals surface area contributed by atoms with Crippen LogP contribution in [0.5, 0.6) is 0 Å². The van der Waals surface area contributed by atoms with Crippen LogP contribution < -0.4 is 5.32 Å². The number of hydrogen-bond donors (Lipinski definition) is 1. The van der Waals surface area contributed by atoms with Crippen LogP contribution in [-0.4, -0.2) is 19.0 Å². The van der Waals surface area contributed by atoms with Crippen LogP contribution in [0.15, 0.2) is 17.8 Å². The summed E-state index contributed by atoms with van der Waals surface area (Å²) in [4.78, 5) is 22.8. The molecule has 0 radical (unpaired) electrons. The molecule has 0 aromatic heterocycles. The number of carbonyl (C=O) groups excluding carboxylic acids is 2. The van der Waals surface area contributed by atoms with Crippen LogP contribution in [0.3, 0.4) is 0 Å². The Balaban J connectivity index is 3.34. The molecular formula is C15H16N2O3. The number of nitriles is 1. The van der Waals surface area contributed by atoms with E-state index in [-0.39, 0.29) is 11.6 Å². The van der Waals surface area contributed by atoms with Crippen molar-refractivity contribution in [1.29, 1.82) is 5.26 Å². The van der Waals surface area contributed by atoms with E-state index >= 15 is 0 Å². The summed E-state index contributed by atoms with van der Waals surface area (Å²) in [6.07, 6.45) is 1.55. The number of ether oxygens (including phenoxy) is 1. The fourth-order valence-corrected chi connectivity index (χ4v) is 1.86. The molecule has 0 saturated carbocycles. The van der Waals surface area contributed by atoms with Gasteiger partial charge in [0.25, 0.3) is 0 Å². The molecule has 5 heteroatoms. The van der Waals surface area contributed by atoms with Crippen molar-refractivity contribution in [3.63, 3.8) is 0 Å². The zero-order valence-corrected chi connectivity index (χ0v) is 11.9. The molecule has 1 rings (SSSR count). The first-order chi connectivity index (χ1) is 9.38. The Morgan fingerprint density at radius 1 is 1.30 bits per heavy atom. The lowest BCUT2D eigenvalue weighted by atomic mass is 9.99. The van der Waals surface area contributed by atoms with Gasteiger partial charge in [-0.2, -0.15) is 5.26 Å². The van der Waals surface area contributed by atoms with E-state index in [1.807, 2.05) is 13.8 Å². The molecule has 5 nitrogen and oxygen atoms in total. The Morgan fingerprint density at radius 3 is 2.25 bits per heavy atom. The van der Waals surface area contributed by atoms with Gasteiger partial charge in [-0.15, -0.1) is 0 Å². The number of benzene rings is 1. The van der Waals surface area contributed by atoms with Crippen LogP contribution in [0.4, 0.5) is 0 Å². The lowest BCUT2D eigenvalue weighted by molar-refractivity contribution is -0.137. The maximum Gasteiger partial charge on any atom is 0.354 e. The van der Waals surface area contributed by atoms with Gasteiger partial charge in [0, 0.05) is 6.92 Å². The van der Waals surface area contributed by atoms with Crippen LogP contribution in [0.1, 0.15) is 29.2 Å². The zero-order valence-electron chi connectivity index (χ0n) is 11.9. The molecule has 0 bridgehead atoms. The molecule has 0 aliphatic carbocycles. The maximum absolute atomic E-state index is 11.6. The third-order valence-corrected chi connectivity index (χ3v) is 2.73. The number of aryl methyl sites for hydroxylation is 2. The van der Waals surface area contributed by atoms with Gasteiger partial charge in [0.05, 0.1) is 18.7 Å². The van der Waals surface area contributed by atoms with E-state index in [0.29, 0.717) is 5.56 Å². The molecule has 0 aliphatic heterocycles. The smallest absolute Gasteiger partial charge is 0.354 e. The third-order valence-electron chi connectivity index (χ3n) is 2.73. The highest BCUT2D eigenvalue weighted by molar-refractivity contribution is 5.97. The van der Waals surface area contributed by atoms with Crippen LogP contribution >= 0.6 is 0 Å². The normalized spacial score (nSPS) is 10.7. The van der Waals surface area contributed by atoms with Crippen molar-refractivity contribution < 1.29 is 14.3 Å². The van der Waals surface area contributed by atoms with Crippen molar-refractivity contribution in [3.05, 3.63) is 40.1 Å². The van der Waals surface area contributed by atoms with E-state index in [0.717, 1.165) is 16.7 Å². The Labute approximate surface area is 117 Å². The minimum atomic E-state index is -0.622. The highest BCUT2D eigenvalue weighted by Gasteiger charge is 2.13. The summed E-state index contributed by atoms with van der Waals surface area (Å²) < 4.78 is 4.64.